The molecular weight excluding hydrogens is 216 g/mol. The van der Waals surface area contributed by atoms with Crippen molar-refractivity contribution in [2.75, 3.05) is 0 Å². The number of benzene rings is 1. The standard InChI is InChI=1S/C18H14/c1-3-7-15(8-4-1)11-12-16-13-17-9-5-2-6-10-18(17)14-16/h1-14H/b12-11-. The van der Waals surface area contributed by atoms with E-state index in [0.717, 1.165) is 0 Å². The molecule has 0 unspecified atom stereocenters. The number of hydrogen-bond donors (Lipinski definition) is 0. The van der Waals surface area contributed by atoms with Gasteiger partial charge in [0.15, 0.2) is 0 Å². The first-order valence-corrected chi connectivity index (χ1v) is 6.14. The van der Waals surface area contributed by atoms with Gasteiger partial charge in [0.25, 0.3) is 0 Å². The molecule has 0 amide bonds. The predicted octanol–water partition coefficient (Wildman–Crippen LogP) is 4.96. The Morgan fingerprint density at radius 2 is 1.00 bits per heavy atom. The van der Waals surface area contributed by atoms with Gasteiger partial charge in [-0.2, -0.15) is 0 Å². The van der Waals surface area contributed by atoms with Gasteiger partial charge < -0.3 is 0 Å². The van der Waals surface area contributed by atoms with Crippen molar-refractivity contribution in [1.29, 1.82) is 0 Å². The maximum atomic E-state index is 2.22. The number of hydrogen-bond acceptors (Lipinski definition) is 0. The van der Waals surface area contributed by atoms with E-state index in [-0.39, 0.29) is 0 Å². The normalized spacial score (nSPS) is 11.1. The summed E-state index contributed by atoms with van der Waals surface area (Å²) in [6, 6.07) is 25.3. The van der Waals surface area contributed by atoms with Crippen LogP contribution >= 0.6 is 0 Å². The summed E-state index contributed by atoms with van der Waals surface area (Å²) in [6.07, 6.45) is 4.31. The minimum Gasteiger partial charge on any atom is -0.0622 e. The number of rotatable bonds is 2. The first-order chi connectivity index (χ1) is 8.92. The molecule has 0 saturated carbocycles. The average molecular weight is 230 g/mol. The van der Waals surface area contributed by atoms with Crippen LogP contribution < -0.4 is 0 Å². The molecule has 0 radical (unpaired) electrons. The van der Waals surface area contributed by atoms with Crippen LogP contribution in [0.1, 0.15) is 11.1 Å². The third-order valence-electron chi connectivity index (χ3n) is 3.02. The summed E-state index contributed by atoms with van der Waals surface area (Å²) < 4.78 is 0. The largest absolute Gasteiger partial charge is 0.0622 e. The Morgan fingerprint density at radius 3 is 1.61 bits per heavy atom. The Hall–Kier alpha value is -2.34. The van der Waals surface area contributed by atoms with Crippen LogP contribution in [-0.2, 0) is 0 Å². The molecule has 0 heteroatoms. The van der Waals surface area contributed by atoms with Crippen LogP contribution in [0.25, 0.3) is 23.3 Å². The van der Waals surface area contributed by atoms with Gasteiger partial charge in [0.05, 0.1) is 0 Å². The molecule has 0 atom stereocenters. The molecule has 0 spiro atoms. The van der Waals surface area contributed by atoms with E-state index >= 15 is 0 Å². The highest BCUT2D eigenvalue weighted by molar-refractivity contribution is 5.78. The fourth-order valence-electron chi connectivity index (χ4n) is 2.09. The third kappa shape index (κ3) is 2.33. The Balaban J connectivity index is 1.93. The van der Waals surface area contributed by atoms with Gasteiger partial charge >= 0.3 is 0 Å². The molecule has 0 nitrogen and oxygen atoms in total. The molecule has 0 bridgehead atoms. The van der Waals surface area contributed by atoms with Crippen molar-refractivity contribution in [3.05, 3.63) is 83.9 Å². The Labute approximate surface area is 108 Å². The van der Waals surface area contributed by atoms with Gasteiger partial charge in [0.2, 0.25) is 0 Å². The SMILES string of the molecule is C(=C/c1cc2cccccc-2c1)/c1ccccc1. The minimum absolute atomic E-state index is 1.23. The average Bonchev–Trinajstić information content (AvgIpc) is 2.68. The van der Waals surface area contributed by atoms with Crippen molar-refractivity contribution in [2.45, 2.75) is 0 Å². The Kier molecular flexibility index (Phi) is 2.93. The fraction of sp³-hybridized carbons (Fsp3) is 0. The van der Waals surface area contributed by atoms with E-state index in [2.05, 4.69) is 78.9 Å². The van der Waals surface area contributed by atoms with Crippen molar-refractivity contribution < 1.29 is 0 Å². The quantitative estimate of drug-likeness (QED) is 0.583. The van der Waals surface area contributed by atoms with Crippen molar-refractivity contribution in [2.24, 2.45) is 0 Å². The van der Waals surface area contributed by atoms with E-state index in [1.54, 1.807) is 0 Å². The topological polar surface area (TPSA) is 0 Å². The van der Waals surface area contributed by atoms with Crippen LogP contribution in [0.4, 0.5) is 0 Å². The molecule has 1 aromatic carbocycles. The summed E-state index contributed by atoms with van der Waals surface area (Å²) in [5.41, 5.74) is 5.05. The minimum atomic E-state index is 1.23. The third-order valence-corrected chi connectivity index (χ3v) is 3.02. The second kappa shape index (κ2) is 4.89. The van der Waals surface area contributed by atoms with Crippen molar-refractivity contribution in [3.63, 3.8) is 0 Å². The molecule has 18 heavy (non-hydrogen) atoms. The summed E-state index contributed by atoms with van der Waals surface area (Å²) in [5.74, 6) is 0. The lowest BCUT2D eigenvalue weighted by Gasteiger charge is -1.89. The van der Waals surface area contributed by atoms with Crippen LogP contribution in [0.2, 0.25) is 0 Å². The summed E-state index contributed by atoms with van der Waals surface area (Å²) in [7, 11) is 0. The monoisotopic (exact) mass is 230 g/mol. The van der Waals surface area contributed by atoms with Crippen molar-refractivity contribution in [1.82, 2.24) is 0 Å². The molecule has 2 aliphatic rings. The lowest BCUT2D eigenvalue weighted by atomic mass is 10.2. The van der Waals surface area contributed by atoms with E-state index in [4.69, 9.17) is 0 Å². The molecule has 0 aromatic heterocycles. The zero-order valence-electron chi connectivity index (χ0n) is 10.1. The molecule has 0 N–H and O–H groups in total. The second-order valence-electron chi connectivity index (χ2n) is 4.35. The predicted molar refractivity (Wildman–Crippen MR) is 78.4 cm³/mol. The highest BCUT2D eigenvalue weighted by Crippen LogP contribution is 2.25. The molecule has 0 heterocycles. The van der Waals surface area contributed by atoms with Gasteiger partial charge in [-0.3, -0.25) is 0 Å². The fourth-order valence-corrected chi connectivity index (χ4v) is 2.09. The first kappa shape index (κ1) is 10.8. The molecule has 0 saturated heterocycles. The van der Waals surface area contributed by atoms with Gasteiger partial charge in [-0.1, -0.05) is 72.8 Å². The van der Waals surface area contributed by atoms with Gasteiger partial charge in [-0.15, -0.1) is 0 Å². The highest BCUT2D eigenvalue weighted by Gasteiger charge is 2.01. The smallest absolute Gasteiger partial charge is 0.0178 e. The van der Waals surface area contributed by atoms with E-state index < -0.39 is 0 Å². The summed E-state index contributed by atoms with van der Waals surface area (Å²) >= 11 is 0. The van der Waals surface area contributed by atoms with Crippen LogP contribution in [0.15, 0.2) is 72.8 Å². The lowest BCUT2D eigenvalue weighted by molar-refractivity contribution is 1.66. The maximum absolute atomic E-state index is 2.22. The van der Waals surface area contributed by atoms with Crippen molar-refractivity contribution >= 4 is 12.2 Å². The first-order valence-electron chi connectivity index (χ1n) is 6.14. The van der Waals surface area contributed by atoms with Crippen molar-refractivity contribution in [3.8, 4) is 11.1 Å². The van der Waals surface area contributed by atoms with Gasteiger partial charge in [0.1, 0.15) is 0 Å². The lowest BCUT2D eigenvalue weighted by Crippen LogP contribution is -1.67. The van der Waals surface area contributed by atoms with Crippen LogP contribution in [0.5, 0.6) is 0 Å². The van der Waals surface area contributed by atoms with E-state index in [1.807, 2.05) is 6.07 Å². The number of fused-ring (bicyclic) bond motifs is 1. The molecule has 86 valence electrons. The van der Waals surface area contributed by atoms with E-state index in [0.29, 0.717) is 0 Å². The zero-order chi connectivity index (χ0) is 12.2. The molecule has 3 rings (SSSR count). The zero-order valence-corrected chi connectivity index (χ0v) is 10.1. The summed E-state index contributed by atoms with van der Waals surface area (Å²) in [5, 5.41) is 0. The van der Waals surface area contributed by atoms with Crippen LogP contribution in [0.3, 0.4) is 0 Å². The maximum Gasteiger partial charge on any atom is -0.0178 e. The molecular formula is C18H14. The van der Waals surface area contributed by atoms with E-state index in [9.17, 15) is 0 Å². The summed E-state index contributed by atoms with van der Waals surface area (Å²) in [4.78, 5) is 0. The molecule has 1 aromatic rings. The van der Waals surface area contributed by atoms with E-state index in [1.165, 1.54) is 22.3 Å². The van der Waals surface area contributed by atoms with Crippen LogP contribution in [0, 0.1) is 0 Å². The molecule has 0 fully saturated rings. The molecule has 0 aliphatic heterocycles. The van der Waals surface area contributed by atoms with Gasteiger partial charge in [0, 0.05) is 0 Å². The second-order valence-corrected chi connectivity index (χ2v) is 4.35. The Morgan fingerprint density at radius 1 is 0.500 bits per heavy atom. The molecule has 2 aliphatic carbocycles. The summed E-state index contributed by atoms with van der Waals surface area (Å²) in [6.45, 7) is 0. The van der Waals surface area contributed by atoms with Crippen LogP contribution in [-0.4, -0.2) is 0 Å². The Bertz CT molecular complexity index is 605. The highest BCUT2D eigenvalue weighted by atomic mass is 14.1. The van der Waals surface area contributed by atoms with Gasteiger partial charge in [-0.25, -0.2) is 0 Å². The van der Waals surface area contributed by atoms with Gasteiger partial charge in [-0.05, 0) is 34.4 Å².